The zero-order valence-electron chi connectivity index (χ0n) is 12.5. The predicted octanol–water partition coefficient (Wildman–Crippen LogP) is 3.06. The molecule has 0 aliphatic carbocycles. The molecule has 2 aliphatic rings. The van der Waals surface area contributed by atoms with Crippen LogP contribution in [0, 0.1) is 0 Å². The molecular weight excluding hydrogens is 270 g/mol. The number of benzene rings is 2. The van der Waals surface area contributed by atoms with Gasteiger partial charge in [0.15, 0.2) is 5.66 Å². The molecule has 0 unspecified atom stereocenters. The molecule has 0 bridgehead atoms. The molecule has 1 saturated heterocycles. The van der Waals surface area contributed by atoms with Crippen molar-refractivity contribution in [2.24, 2.45) is 9.98 Å². The van der Waals surface area contributed by atoms with Crippen molar-refractivity contribution in [3.05, 3.63) is 71.8 Å². The van der Waals surface area contributed by atoms with Crippen LogP contribution in [0.25, 0.3) is 0 Å². The van der Waals surface area contributed by atoms with Gasteiger partial charge in [0.25, 0.3) is 0 Å². The number of aliphatic imine (C=N–C) groups is 2. The summed E-state index contributed by atoms with van der Waals surface area (Å²) in [5.41, 5.74) is 4.12. The van der Waals surface area contributed by atoms with Gasteiger partial charge in [0.2, 0.25) is 0 Å². The normalized spacial score (nSPS) is 19.8. The van der Waals surface area contributed by atoms with Crippen LogP contribution in [0.1, 0.15) is 24.0 Å². The Morgan fingerprint density at radius 1 is 0.682 bits per heavy atom. The largest absolute Gasteiger partial charge is 0.316 e. The molecule has 0 amide bonds. The third kappa shape index (κ3) is 2.38. The predicted molar refractivity (Wildman–Crippen MR) is 90.8 cm³/mol. The molecule has 0 aromatic heterocycles. The van der Waals surface area contributed by atoms with Gasteiger partial charge in [-0.05, 0) is 13.1 Å². The highest BCUT2D eigenvalue weighted by molar-refractivity contribution is 6.54. The molecule has 0 saturated carbocycles. The maximum Gasteiger partial charge on any atom is 0.154 e. The minimum absolute atomic E-state index is 0.262. The lowest BCUT2D eigenvalue weighted by Crippen LogP contribution is -2.38. The Bertz CT molecular complexity index is 653. The van der Waals surface area contributed by atoms with Crippen LogP contribution in [-0.4, -0.2) is 30.2 Å². The molecule has 2 aromatic rings. The zero-order valence-corrected chi connectivity index (χ0v) is 12.5. The number of piperidine rings is 1. The molecule has 110 valence electrons. The van der Waals surface area contributed by atoms with Crippen LogP contribution in [0.3, 0.4) is 0 Å². The molecule has 1 spiro atoms. The highest BCUT2D eigenvalue weighted by atomic mass is 15.2. The average Bonchev–Trinajstić information content (AvgIpc) is 2.96. The van der Waals surface area contributed by atoms with E-state index in [1.54, 1.807) is 0 Å². The Hall–Kier alpha value is -2.26. The summed E-state index contributed by atoms with van der Waals surface area (Å²) in [4.78, 5) is 10.2. The average molecular weight is 289 g/mol. The summed E-state index contributed by atoms with van der Waals surface area (Å²) >= 11 is 0. The maximum absolute atomic E-state index is 5.08. The van der Waals surface area contributed by atoms with Crippen molar-refractivity contribution in [1.29, 1.82) is 0 Å². The standard InChI is InChI=1S/C19H19N3/c1-3-7-15(8-4-1)17-18(16-9-5-2-6-10-16)22-19(21-17)11-13-20-14-12-19/h1-10,20H,11-14H2. The van der Waals surface area contributed by atoms with E-state index in [-0.39, 0.29) is 5.66 Å². The lowest BCUT2D eigenvalue weighted by atomic mass is 10.0. The SMILES string of the molecule is c1ccc(C2=NC3(CCNCC3)N=C2c2ccccc2)cc1. The van der Waals surface area contributed by atoms with E-state index in [1.165, 1.54) is 0 Å². The van der Waals surface area contributed by atoms with Crippen molar-refractivity contribution < 1.29 is 0 Å². The summed E-state index contributed by atoms with van der Waals surface area (Å²) in [5, 5.41) is 3.41. The molecule has 2 aromatic carbocycles. The first-order chi connectivity index (χ1) is 10.9. The van der Waals surface area contributed by atoms with Crippen molar-refractivity contribution in [1.82, 2.24) is 5.32 Å². The lowest BCUT2D eigenvalue weighted by Gasteiger charge is -2.28. The Morgan fingerprint density at radius 3 is 1.59 bits per heavy atom. The maximum atomic E-state index is 5.08. The highest BCUT2D eigenvalue weighted by Crippen LogP contribution is 2.32. The molecule has 2 heterocycles. The molecule has 1 N–H and O–H groups in total. The Morgan fingerprint density at radius 2 is 1.14 bits per heavy atom. The third-order valence-corrected chi connectivity index (χ3v) is 4.36. The summed E-state index contributed by atoms with van der Waals surface area (Å²) in [7, 11) is 0. The summed E-state index contributed by atoms with van der Waals surface area (Å²) < 4.78 is 0. The Kier molecular flexibility index (Phi) is 3.35. The first kappa shape index (κ1) is 13.4. The van der Waals surface area contributed by atoms with E-state index in [2.05, 4.69) is 53.8 Å². The molecule has 4 rings (SSSR count). The first-order valence-electron chi connectivity index (χ1n) is 7.88. The van der Waals surface area contributed by atoms with Gasteiger partial charge in [-0.1, -0.05) is 60.7 Å². The minimum atomic E-state index is -0.262. The van der Waals surface area contributed by atoms with Gasteiger partial charge in [0.1, 0.15) is 0 Å². The summed E-state index contributed by atoms with van der Waals surface area (Å²) in [6.45, 7) is 1.97. The van der Waals surface area contributed by atoms with Crippen LogP contribution in [0.4, 0.5) is 0 Å². The molecule has 22 heavy (non-hydrogen) atoms. The second-order valence-corrected chi connectivity index (χ2v) is 5.89. The molecule has 3 heteroatoms. The Labute approximate surface area is 130 Å². The quantitative estimate of drug-likeness (QED) is 0.906. The van der Waals surface area contributed by atoms with E-state index >= 15 is 0 Å². The van der Waals surface area contributed by atoms with Crippen LogP contribution in [0.15, 0.2) is 70.6 Å². The summed E-state index contributed by atoms with van der Waals surface area (Å²) in [6.07, 6.45) is 1.94. The van der Waals surface area contributed by atoms with Crippen molar-refractivity contribution in [2.45, 2.75) is 18.5 Å². The van der Waals surface area contributed by atoms with E-state index in [1.807, 2.05) is 12.1 Å². The van der Waals surface area contributed by atoms with Gasteiger partial charge in [0, 0.05) is 24.0 Å². The van der Waals surface area contributed by atoms with Gasteiger partial charge in [0.05, 0.1) is 11.4 Å². The fourth-order valence-corrected chi connectivity index (χ4v) is 3.19. The number of nitrogens with one attached hydrogen (secondary N) is 1. The van der Waals surface area contributed by atoms with Gasteiger partial charge < -0.3 is 5.32 Å². The highest BCUT2D eigenvalue weighted by Gasteiger charge is 2.37. The van der Waals surface area contributed by atoms with E-state index in [0.29, 0.717) is 0 Å². The number of nitrogens with zero attached hydrogens (tertiary/aromatic N) is 2. The van der Waals surface area contributed by atoms with Crippen LogP contribution >= 0.6 is 0 Å². The van der Waals surface area contributed by atoms with Gasteiger partial charge in [-0.2, -0.15) is 0 Å². The fourth-order valence-electron chi connectivity index (χ4n) is 3.19. The van der Waals surface area contributed by atoms with Gasteiger partial charge in [-0.25, -0.2) is 0 Å². The fraction of sp³-hybridized carbons (Fsp3) is 0.263. The van der Waals surface area contributed by atoms with Gasteiger partial charge in [-0.3, -0.25) is 9.98 Å². The van der Waals surface area contributed by atoms with Crippen LogP contribution in [0.5, 0.6) is 0 Å². The molecule has 3 nitrogen and oxygen atoms in total. The molecule has 0 atom stereocenters. The second kappa shape index (κ2) is 5.50. The number of hydrogen-bond donors (Lipinski definition) is 1. The van der Waals surface area contributed by atoms with Gasteiger partial charge in [-0.15, -0.1) is 0 Å². The van der Waals surface area contributed by atoms with E-state index in [9.17, 15) is 0 Å². The van der Waals surface area contributed by atoms with Crippen molar-refractivity contribution in [3.8, 4) is 0 Å². The zero-order chi connectivity index (χ0) is 14.8. The second-order valence-electron chi connectivity index (χ2n) is 5.89. The monoisotopic (exact) mass is 289 g/mol. The van der Waals surface area contributed by atoms with Crippen molar-refractivity contribution in [3.63, 3.8) is 0 Å². The number of hydrogen-bond acceptors (Lipinski definition) is 3. The minimum Gasteiger partial charge on any atom is -0.316 e. The van der Waals surface area contributed by atoms with Gasteiger partial charge >= 0.3 is 0 Å². The molecular formula is C19H19N3. The first-order valence-corrected chi connectivity index (χ1v) is 7.88. The van der Waals surface area contributed by atoms with E-state index in [0.717, 1.165) is 48.5 Å². The van der Waals surface area contributed by atoms with E-state index in [4.69, 9.17) is 9.98 Å². The topological polar surface area (TPSA) is 36.8 Å². The lowest BCUT2D eigenvalue weighted by molar-refractivity contribution is 0.331. The Balaban J connectivity index is 1.83. The molecule has 2 aliphatic heterocycles. The third-order valence-electron chi connectivity index (χ3n) is 4.36. The van der Waals surface area contributed by atoms with Crippen LogP contribution in [-0.2, 0) is 0 Å². The summed E-state index contributed by atoms with van der Waals surface area (Å²) in [5.74, 6) is 0. The van der Waals surface area contributed by atoms with E-state index < -0.39 is 0 Å². The smallest absolute Gasteiger partial charge is 0.154 e. The van der Waals surface area contributed by atoms with Crippen molar-refractivity contribution in [2.75, 3.05) is 13.1 Å². The summed E-state index contributed by atoms with van der Waals surface area (Å²) in [6, 6.07) is 20.8. The van der Waals surface area contributed by atoms with Crippen molar-refractivity contribution >= 4 is 11.4 Å². The van der Waals surface area contributed by atoms with Crippen LogP contribution in [0.2, 0.25) is 0 Å². The number of rotatable bonds is 2. The molecule has 1 fully saturated rings. The van der Waals surface area contributed by atoms with Crippen LogP contribution < -0.4 is 5.32 Å². The molecule has 0 radical (unpaired) electrons.